The van der Waals surface area contributed by atoms with Crippen LogP contribution in [-0.2, 0) is 0 Å². The summed E-state index contributed by atoms with van der Waals surface area (Å²) in [6.07, 6.45) is 1.67. The first-order valence-electron chi connectivity index (χ1n) is 7.10. The number of aryl methyl sites for hydroxylation is 1. The molecular weight excluding hydrogens is 264 g/mol. The molecule has 3 nitrogen and oxygen atoms in total. The highest BCUT2D eigenvalue weighted by Gasteiger charge is 2.34. The fraction of sp³-hybridized carbons (Fsp3) is 0.278. The van der Waals surface area contributed by atoms with E-state index in [-0.39, 0.29) is 17.6 Å². The number of benzene rings is 1. The third-order valence-corrected chi connectivity index (χ3v) is 4.21. The Morgan fingerprint density at radius 1 is 1.24 bits per heavy atom. The SMILES string of the molecule is C=Cc1c(-c2ccccc2C)oc(=O)c2c1O[C@@H](C)[C@@H]2C. The van der Waals surface area contributed by atoms with Crippen LogP contribution in [0.5, 0.6) is 5.75 Å². The molecule has 0 saturated heterocycles. The lowest BCUT2D eigenvalue weighted by molar-refractivity contribution is 0.232. The molecule has 0 aliphatic carbocycles. The molecule has 1 aromatic heterocycles. The molecule has 21 heavy (non-hydrogen) atoms. The van der Waals surface area contributed by atoms with Gasteiger partial charge in [0.1, 0.15) is 17.6 Å². The molecule has 0 unspecified atom stereocenters. The fourth-order valence-electron chi connectivity index (χ4n) is 2.80. The Bertz CT molecular complexity index is 771. The van der Waals surface area contributed by atoms with Crippen LogP contribution in [0.1, 0.15) is 36.5 Å². The quantitative estimate of drug-likeness (QED) is 0.831. The minimum atomic E-state index is -0.314. The van der Waals surface area contributed by atoms with Gasteiger partial charge >= 0.3 is 5.63 Å². The van der Waals surface area contributed by atoms with Gasteiger partial charge in [-0.15, -0.1) is 0 Å². The van der Waals surface area contributed by atoms with Crippen molar-refractivity contribution in [3.63, 3.8) is 0 Å². The van der Waals surface area contributed by atoms with Gasteiger partial charge in [-0.2, -0.15) is 0 Å². The molecule has 2 atom stereocenters. The van der Waals surface area contributed by atoms with E-state index in [0.717, 1.165) is 16.7 Å². The molecular formula is C18H18O3. The summed E-state index contributed by atoms with van der Waals surface area (Å²) in [4.78, 5) is 12.4. The lowest BCUT2D eigenvalue weighted by Gasteiger charge is -2.11. The lowest BCUT2D eigenvalue weighted by Crippen LogP contribution is -2.14. The Balaban J connectivity index is 2.33. The number of hydrogen-bond donors (Lipinski definition) is 0. The second kappa shape index (κ2) is 4.92. The summed E-state index contributed by atoms with van der Waals surface area (Å²) >= 11 is 0. The maximum atomic E-state index is 12.4. The molecule has 0 N–H and O–H groups in total. The van der Waals surface area contributed by atoms with Gasteiger partial charge in [0.05, 0.1) is 11.1 Å². The summed E-state index contributed by atoms with van der Waals surface area (Å²) in [6, 6.07) is 7.81. The van der Waals surface area contributed by atoms with Crippen LogP contribution in [0.3, 0.4) is 0 Å². The van der Waals surface area contributed by atoms with Gasteiger partial charge in [-0.05, 0) is 19.4 Å². The molecule has 0 radical (unpaired) electrons. The first-order valence-corrected chi connectivity index (χ1v) is 7.10. The average Bonchev–Trinajstić information content (AvgIpc) is 2.76. The van der Waals surface area contributed by atoms with Gasteiger partial charge in [-0.25, -0.2) is 4.79 Å². The summed E-state index contributed by atoms with van der Waals surface area (Å²) < 4.78 is 11.5. The molecule has 2 heterocycles. The van der Waals surface area contributed by atoms with Crippen molar-refractivity contribution in [2.24, 2.45) is 0 Å². The van der Waals surface area contributed by atoms with Gasteiger partial charge in [0.25, 0.3) is 0 Å². The minimum absolute atomic E-state index is 0.0286. The van der Waals surface area contributed by atoms with Crippen LogP contribution in [0.2, 0.25) is 0 Å². The van der Waals surface area contributed by atoms with E-state index < -0.39 is 0 Å². The highest BCUT2D eigenvalue weighted by molar-refractivity contribution is 5.77. The molecule has 0 spiro atoms. The predicted octanol–water partition coefficient (Wildman–Crippen LogP) is 4.14. The molecule has 0 amide bonds. The Morgan fingerprint density at radius 3 is 2.62 bits per heavy atom. The van der Waals surface area contributed by atoms with E-state index in [4.69, 9.17) is 9.15 Å². The highest BCUT2D eigenvalue weighted by Crippen LogP contribution is 2.42. The van der Waals surface area contributed by atoms with Crippen molar-refractivity contribution in [1.82, 2.24) is 0 Å². The second-order valence-corrected chi connectivity index (χ2v) is 5.51. The molecule has 108 valence electrons. The predicted molar refractivity (Wildman–Crippen MR) is 83.7 cm³/mol. The van der Waals surface area contributed by atoms with Crippen molar-refractivity contribution in [1.29, 1.82) is 0 Å². The standard InChI is InChI=1S/C18H18O3/c1-5-13-16(14-9-7-6-8-10(14)2)21-18(19)15-11(3)12(4)20-17(13)15/h5-9,11-12H,1H2,2-4H3/t11-,12-/m0/s1. The summed E-state index contributed by atoms with van der Waals surface area (Å²) in [5.74, 6) is 1.19. The molecule has 0 bridgehead atoms. The van der Waals surface area contributed by atoms with Crippen LogP contribution < -0.4 is 10.4 Å². The maximum Gasteiger partial charge on any atom is 0.343 e. The zero-order valence-corrected chi connectivity index (χ0v) is 12.5. The van der Waals surface area contributed by atoms with E-state index in [1.165, 1.54) is 0 Å². The molecule has 3 rings (SSSR count). The van der Waals surface area contributed by atoms with Crippen LogP contribution in [0.25, 0.3) is 17.4 Å². The normalized spacial score (nSPS) is 20.0. The van der Waals surface area contributed by atoms with Crippen molar-refractivity contribution in [2.45, 2.75) is 32.8 Å². The first-order chi connectivity index (χ1) is 10.0. The van der Waals surface area contributed by atoms with Gasteiger partial charge in [-0.1, -0.05) is 43.8 Å². The second-order valence-electron chi connectivity index (χ2n) is 5.51. The molecule has 0 saturated carbocycles. The van der Waals surface area contributed by atoms with E-state index in [9.17, 15) is 4.79 Å². The van der Waals surface area contributed by atoms with Crippen LogP contribution in [0, 0.1) is 6.92 Å². The Morgan fingerprint density at radius 2 is 1.95 bits per heavy atom. The third kappa shape index (κ3) is 2.00. The van der Waals surface area contributed by atoms with Gasteiger partial charge in [0, 0.05) is 11.5 Å². The van der Waals surface area contributed by atoms with Crippen molar-refractivity contribution in [2.75, 3.05) is 0 Å². The van der Waals surface area contributed by atoms with Gasteiger partial charge in [0.2, 0.25) is 0 Å². The number of rotatable bonds is 2. The Kier molecular flexibility index (Phi) is 3.20. The average molecular weight is 282 g/mol. The van der Waals surface area contributed by atoms with E-state index in [0.29, 0.717) is 17.1 Å². The van der Waals surface area contributed by atoms with E-state index in [1.54, 1.807) is 6.08 Å². The Labute approximate surface area is 123 Å². The topological polar surface area (TPSA) is 39.4 Å². The lowest BCUT2D eigenvalue weighted by atomic mass is 9.96. The van der Waals surface area contributed by atoms with Crippen molar-refractivity contribution < 1.29 is 9.15 Å². The summed E-state index contributed by atoms with van der Waals surface area (Å²) in [6.45, 7) is 9.79. The van der Waals surface area contributed by atoms with E-state index >= 15 is 0 Å². The van der Waals surface area contributed by atoms with Crippen LogP contribution >= 0.6 is 0 Å². The number of hydrogen-bond acceptors (Lipinski definition) is 3. The summed E-state index contributed by atoms with van der Waals surface area (Å²) in [7, 11) is 0. The highest BCUT2D eigenvalue weighted by atomic mass is 16.5. The monoisotopic (exact) mass is 282 g/mol. The minimum Gasteiger partial charge on any atom is -0.489 e. The molecule has 3 heteroatoms. The zero-order chi connectivity index (χ0) is 15.1. The van der Waals surface area contributed by atoms with Crippen molar-refractivity contribution >= 4 is 6.08 Å². The first kappa shape index (κ1) is 13.7. The van der Waals surface area contributed by atoms with Crippen LogP contribution in [-0.4, -0.2) is 6.10 Å². The maximum absolute atomic E-state index is 12.4. The molecule has 0 fully saturated rings. The zero-order valence-electron chi connectivity index (χ0n) is 12.5. The van der Waals surface area contributed by atoms with E-state index in [2.05, 4.69) is 6.58 Å². The summed E-state index contributed by atoms with van der Waals surface area (Å²) in [5, 5.41) is 0. The van der Waals surface area contributed by atoms with E-state index in [1.807, 2.05) is 45.0 Å². The smallest absolute Gasteiger partial charge is 0.343 e. The molecule has 1 aliphatic heterocycles. The van der Waals surface area contributed by atoms with Gasteiger partial charge in [0.15, 0.2) is 0 Å². The molecule has 1 aromatic carbocycles. The number of fused-ring (bicyclic) bond motifs is 1. The number of ether oxygens (including phenoxy) is 1. The Hall–Kier alpha value is -2.29. The fourth-order valence-corrected chi connectivity index (χ4v) is 2.80. The van der Waals surface area contributed by atoms with Crippen molar-refractivity contribution in [3.8, 4) is 17.1 Å². The third-order valence-electron chi connectivity index (χ3n) is 4.21. The van der Waals surface area contributed by atoms with Crippen molar-refractivity contribution in [3.05, 3.63) is 58.0 Å². The van der Waals surface area contributed by atoms with Gasteiger partial charge in [-0.3, -0.25) is 0 Å². The van der Waals surface area contributed by atoms with Gasteiger partial charge < -0.3 is 9.15 Å². The molecule has 1 aliphatic rings. The summed E-state index contributed by atoms with van der Waals surface area (Å²) in [5.41, 5.74) is 3.00. The largest absolute Gasteiger partial charge is 0.489 e. The van der Waals surface area contributed by atoms with Crippen LogP contribution in [0.4, 0.5) is 0 Å². The van der Waals surface area contributed by atoms with Crippen LogP contribution in [0.15, 0.2) is 40.1 Å². The molecule has 2 aromatic rings.